The molecule has 0 radical (unpaired) electrons. The van der Waals surface area contributed by atoms with Crippen molar-refractivity contribution in [3.8, 4) is 0 Å². The van der Waals surface area contributed by atoms with Gasteiger partial charge in [0.15, 0.2) is 0 Å². The lowest BCUT2D eigenvalue weighted by molar-refractivity contribution is -0.137. The molecule has 15 heavy (non-hydrogen) atoms. The largest absolute Gasteiger partial charge is 0.481 e. The van der Waals surface area contributed by atoms with E-state index in [1.165, 1.54) is 0 Å². The molecule has 0 aliphatic heterocycles. The number of aliphatic carboxylic acids is 1. The molecular weight excluding hydrogens is 196 g/mol. The third-order valence-electron chi connectivity index (χ3n) is 1.81. The van der Waals surface area contributed by atoms with Gasteiger partial charge in [-0.25, -0.2) is 4.79 Å². The molecule has 2 amide bonds. The van der Waals surface area contributed by atoms with Crippen molar-refractivity contribution in [2.24, 2.45) is 11.8 Å². The molecule has 0 aromatic rings. The fourth-order valence-electron chi connectivity index (χ4n) is 0.997. The van der Waals surface area contributed by atoms with Crippen LogP contribution in [0, 0.1) is 11.8 Å². The summed E-state index contributed by atoms with van der Waals surface area (Å²) >= 11 is 0. The predicted molar refractivity (Wildman–Crippen MR) is 57.7 cm³/mol. The summed E-state index contributed by atoms with van der Waals surface area (Å²) in [4.78, 5) is 21.5. The van der Waals surface area contributed by atoms with E-state index in [0.29, 0.717) is 19.0 Å². The first-order chi connectivity index (χ1) is 6.91. The third-order valence-corrected chi connectivity index (χ3v) is 1.81. The van der Waals surface area contributed by atoms with E-state index in [9.17, 15) is 9.59 Å². The molecule has 0 saturated carbocycles. The zero-order valence-corrected chi connectivity index (χ0v) is 9.54. The van der Waals surface area contributed by atoms with Gasteiger partial charge in [0.2, 0.25) is 0 Å². The highest BCUT2D eigenvalue weighted by Crippen LogP contribution is 1.98. The third kappa shape index (κ3) is 9.05. The average molecular weight is 216 g/mol. The van der Waals surface area contributed by atoms with Crippen molar-refractivity contribution < 1.29 is 14.7 Å². The molecule has 88 valence electrons. The van der Waals surface area contributed by atoms with E-state index >= 15 is 0 Å². The van der Waals surface area contributed by atoms with Crippen molar-refractivity contribution >= 4 is 12.0 Å². The Morgan fingerprint density at radius 2 is 1.67 bits per heavy atom. The molecule has 0 bridgehead atoms. The number of carbonyl (C=O) groups is 2. The Morgan fingerprint density at radius 1 is 1.13 bits per heavy atom. The van der Waals surface area contributed by atoms with Crippen LogP contribution in [0.4, 0.5) is 4.79 Å². The van der Waals surface area contributed by atoms with Gasteiger partial charge >= 0.3 is 12.0 Å². The minimum atomic E-state index is -0.841. The van der Waals surface area contributed by atoms with Gasteiger partial charge in [-0.2, -0.15) is 0 Å². The molecule has 0 heterocycles. The topological polar surface area (TPSA) is 78.4 Å². The molecular formula is C10H20N2O3. The van der Waals surface area contributed by atoms with Crippen LogP contribution in [0.1, 0.15) is 27.2 Å². The predicted octanol–water partition coefficient (Wildman–Crippen LogP) is 1.05. The highest BCUT2D eigenvalue weighted by atomic mass is 16.4. The van der Waals surface area contributed by atoms with Crippen molar-refractivity contribution in [2.45, 2.75) is 27.2 Å². The van der Waals surface area contributed by atoms with Gasteiger partial charge < -0.3 is 15.7 Å². The Bertz CT molecular complexity index is 217. The van der Waals surface area contributed by atoms with E-state index in [4.69, 9.17) is 5.11 Å². The molecule has 5 nitrogen and oxygen atoms in total. The average Bonchev–Trinajstić information content (AvgIpc) is 2.10. The molecule has 3 N–H and O–H groups in total. The van der Waals surface area contributed by atoms with E-state index in [0.717, 1.165) is 0 Å². The number of carboxylic acids is 1. The summed E-state index contributed by atoms with van der Waals surface area (Å²) in [7, 11) is 0. The number of hydrogen-bond acceptors (Lipinski definition) is 2. The van der Waals surface area contributed by atoms with Gasteiger partial charge in [0.05, 0.1) is 0 Å². The number of hydrogen-bond donors (Lipinski definition) is 3. The van der Waals surface area contributed by atoms with Crippen LogP contribution in [-0.2, 0) is 4.79 Å². The minimum absolute atomic E-state index is 0.0488. The summed E-state index contributed by atoms with van der Waals surface area (Å²) < 4.78 is 0. The van der Waals surface area contributed by atoms with E-state index in [1.807, 2.05) is 13.8 Å². The van der Waals surface area contributed by atoms with Gasteiger partial charge in [0.1, 0.15) is 0 Å². The fraction of sp³-hybridized carbons (Fsp3) is 0.800. The fourth-order valence-corrected chi connectivity index (χ4v) is 0.997. The SMILES string of the molecule is CC(C)CNC(=O)NCC(C)CC(=O)O. The van der Waals surface area contributed by atoms with Crippen LogP contribution in [-0.4, -0.2) is 30.2 Å². The summed E-state index contributed by atoms with van der Waals surface area (Å²) in [6.07, 6.45) is 0.0739. The molecule has 1 unspecified atom stereocenters. The number of nitrogens with one attached hydrogen (secondary N) is 2. The van der Waals surface area contributed by atoms with Crippen molar-refractivity contribution in [1.82, 2.24) is 10.6 Å². The van der Waals surface area contributed by atoms with Crippen LogP contribution >= 0.6 is 0 Å². The molecule has 0 aliphatic rings. The Morgan fingerprint density at radius 3 is 2.13 bits per heavy atom. The van der Waals surface area contributed by atoms with Crippen LogP contribution < -0.4 is 10.6 Å². The van der Waals surface area contributed by atoms with E-state index in [1.54, 1.807) is 6.92 Å². The molecule has 0 aromatic carbocycles. The summed E-state index contributed by atoms with van der Waals surface area (Å²) in [6.45, 7) is 6.81. The summed E-state index contributed by atoms with van der Waals surface area (Å²) in [6, 6.07) is -0.235. The quantitative estimate of drug-likeness (QED) is 0.621. The monoisotopic (exact) mass is 216 g/mol. The molecule has 0 aliphatic carbocycles. The van der Waals surface area contributed by atoms with E-state index in [2.05, 4.69) is 10.6 Å². The summed E-state index contributed by atoms with van der Waals surface area (Å²) in [5, 5.41) is 13.8. The van der Waals surface area contributed by atoms with Crippen molar-refractivity contribution in [3.05, 3.63) is 0 Å². The maximum absolute atomic E-state index is 11.2. The lowest BCUT2D eigenvalue weighted by atomic mass is 10.1. The van der Waals surface area contributed by atoms with Crippen molar-refractivity contribution in [1.29, 1.82) is 0 Å². The normalized spacial score (nSPS) is 12.3. The Labute approximate surface area is 90.2 Å². The molecule has 0 aromatic heterocycles. The number of amides is 2. The van der Waals surface area contributed by atoms with Gasteiger partial charge in [-0.15, -0.1) is 0 Å². The van der Waals surface area contributed by atoms with Crippen LogP contribution in [0.2, 0.25) is 0 Å². The zero-order valence-electron chi connectivity index (χ0n) is 9.54. The maximum atomic E-state index is 11.2. The smallest absolute Gasteiger partial charge is 0.314 e. The van der Waals surface area contributed by atoms with Crippen LogP contribution in [0.15, 0.2) is 0 Å². The lowest BCUT2D eigenvalue weighted by Gasteiger charge is -2.12. The van der Waals surface area contributed by atoms with Gasteiger partial charge in [-0.3, -0.25) is 4.79 Å². The first-order valence-corrected chi connectivity index (χ1v) is 5.15. The van der Waals surface area contributed by atoms with E-state index in [-0.39, 0.29) is 18.4 Å². The molecule has 0 saturated heterocycles. The van der Waals surface area contributed by atoms with Crippen LogP contribution in [0.25, 0.3) is 0 Å². The van der Waals surface area contributed by atoms with Gasteiger partial charge in [0, 0.05) is 19.5 Å². The van der Waals surface area contributed by atoms with Crippen molar-refractivity contribution in [2.75, 3.05) is 13.1 Å². The van der Waals surface area contributed by atoms with Gasteiger partial charge in [-0.05, 0) is 11.8 Å². The van der Waals surface area contributed by atoms with E-state index < -0.39 is 5.97 Å². The van der Waals surface area contributed by atoms with Crippen LogP contribution in [0.5, 0.6) is 0 Å². The molecule has 1 atom stereocenters. The summed E-state index contributed by atoms with van der Waals surface area (Å²) in [5.74, 6) is -0.480. The van der Waals surface area contributed by atoms with Crippen molar-refractivity contribution in [3.63, 3.8) is 0 Å². The molecule has 0 fully saturated rings. The van der Waals surface area contributed by atoms with Gasteiger partial charge in [-0.1, -0.05) is 20.8 Å². The maximum Gasteiger partial charge on any atom is 0.314 e. The second-order valence-electron chi connectivity index (χ2n) is 4.19. The Kier molecular flexibility index (Phi) is 6.49. The zero-order chi connectivity index (χ0) is 11.8. The number of rotatable bonds is 6. The van der Waals surface area contributed by atoms with Crippen LogP contribution in [0.3, 0.4) is 0 Å². The highest BCUT2D eigenvalue weighted by molar-refractivity contribution is 5.74. The first kappa shape index (κ1) is 13.7. The first-order valence-electron chi connectivity index (χ1n) is 5.15. The molecule has 0 rings (SSSR count). The standard InChI is InChI=1S/C10H20N2O3/c1-7(2)5-11-10(15)12-6-8(3)4-9(13)14/h7-8H,4-6H2,1-3H3,(H,13,14)(H2,11,12,15). The molecule has 0 spiro atoms. The lowest BCUT2D eigenvalue weighted by Crippen LogP contribution is -2.39. The summed E-state index contributed by atoms with van der Waals surface area (Å²) in [5.41, 5.74) is 0. The second kappa shape index (κ2) is 7.09. The number of urea groups is 1. The minimum Gasteiger partial charge on any atom is -0.481 e. The Balaban J connectivity index is 3.57. The Hall–Kier alpha value is -1.26. The van der Waals surface area contributed by atoms with Gasteiger partial charge in [0.25, 0.3) is 0 Å². The number of carbonyl (C=O) groups excluding carboxylic acids is 1. The molecule has 5 heteroatoms. The highest BCUT2D eigenvalue weighted by Gasteiger charge is 2.08. The second-order valence-corrected chi connectivity index (χ2v) is 4.19. The number of carboxylic acid groups (broad SMARTS) is 1.